The Bertz CT molecular complexity index is 1120. The Kier molecular flexibility index (Phi) is 4.44. The summed E-state index contributed by atoms with van der Waals surface area (Å²) in [5.74, 6) is 0.230. The van der Waals surface area contributed by atoms with Gasteiger partial charge in [-0.25, -0.2) is 4.98 Å². The normalized spacial score (nSPS) is 11.1. The van der Waals surface area contributed by atoms with E-state index in [9.17, 15) is 9.90 Å². The lowest BCUT2D eigenvalue weighted by Crippen LogP contribution is -2.20. The van der Waals surface area contributed by atoms with E-state index >= 15 is 0 Å². The quantitative estimate of drug-likeness (QED) is 0.575. The molecule has 0 radical (unpaired) electrons. The first-order chi connectivity index (χ1) is 12.6. The maximum atomic E-state index is 12.7. The molecule has 2 aromatic heterocycles. The Hall–Kier alpha value is -2.70. The molecule has 5 nitrogen and oxygen atoms in total. The molecular weight excluding hydrogens is 370 g/mol. The molecule has 0 fully saturated rings. The van der Waals surface area contributed by atoms with Crippen molar-refractivity contribution in [3.05, 3.63) is 75.8 Å². The first kappa shape index (κ1) is 16.8. The summed E-state index contributed by atoms with van der Waals surface area (Å²) in [5.41, 5.74) is 3.15. The smallest absolute Gasteiger partial charge is 0.272 e. The second kappa shape index (κ2) is 6.90. The minimum absolute atomic E-state index is 0.0912. The minimum Gasteiger partial charge on any atom is -0.508 e. The number of hydrogen-bond donors (Lipinski definition) is 1. The zero-order chi connectivity index (χ0) is 18.1. The molecular formula is C19H14ClN3O2S. The predicted molar refractivity (Wildman–Crippen MR) is 104 cm³/mol. The van der Waals surface area contributed by atoms with Crippen LogP contribution in [0.4, 0.5) is 0 Å². The molecule has 0 atom stereocenters. The van der Waals surface area contributed by atoms with Crippen molar-refractivity contribution in [3.8, 4) is 17.0 Å². The molecule has 0 bridgehead atoms. The van der Waals surface area contributed by atoms with Gasteiger partial charge in [0.15, 0.2) is 0 Å². The third-order valence-electron chi connectivity index (χ3n) is 4.14. The first-order valence-electron chi connectivity index (χ1n) is 8.00. The van der Waals surface area contributed by atoms with Gasteiger partial charge in [0.25, 0.3) is 5.56 Å². The van der Waals surface area contributed by atoms with Gasteiger partial charge in [-0.15, -0.1) is 0 Å². The molecule has 2 heterocycles. The summed E-state index contributed by atoms with van der Waals surface area (Å²) in [6.07, 6.45) is 2.25. The highest BCUT2D eigenvalue weighted by Gasteiger charge is 2.14. The van der Waals surface area contributed by atoms with Crippen LogP contribution in [0.2, 0.25) is 5.02 Å². The highest BCUT2D eigenvalue weighted by Crippen LogP contribution is 2.28. The summed E-state index contributed by atoms with van der Waals surface area (Å²) < 4.78 is 6.56. The highest BCUT2D eigenvalue weighted by molar-refractivity contribution is 7.13. The molecule has 7 heteroatoms. The average Bonchev–Trinajstić information content (AvgIpc) is 3.08. The van der Waals surface area contributed by atoms with Gasteiger partial charge in [-0.05, 0) is 47.8 Å². The van der Waals surface area contributed by atoms with Crippen LogP contribution in [0.3, 0.4) is 0 Å². The van der Waals surface area contributed by atoms with Crippen molar-refractivity contribution in [2.75, 3.05) is 0 Å². The molecule has 4 aromatic rings. The largest absolute Gasteiger partial charge is 0.508 e. The fourth-order valence-corrected chi connectivity index (χ4v) is 3.66. The molecule has 0 spiro atoms. The third-order valence-corrected chi connectivity index (χ3v) is 5.22. The summed E-state index contributed by atoms with van der Waals surface area (Å²) >= 11 is 7.10. The predicted octanol–water partition coefficient (Wildman–Crippen LogP) is 4.12. The number of phenolic OH excluding ortho intramolecular Hbond substituents is 1. The van der Waals surface area contributed by atoms with Crippen molar-refractivity contribution >= 4 is 33.4 Å². The second-order valence-electron chi connectivity index (χ2n) is 5.88. The molecule has 1 N–H and O–H groups in total. The van der Waals surface area contributed by atoms with Gasteiger partial charge in [0.1, 0.15) is 21.7 Å². The number of rotatable bonds is 4. The number of aromatic nitrogens is 3. The van der Waals surface area contributed by atoms with Crippen LogP contribution in [-0.4, -0.2) is 19.0 Å². The van der Waals surface area contributed by atoms with Gasteiger partial charge in [-0.3, -0.25) is 9.36 Å². The summed E-state index contributed by atoms with van der Waals surface area (Å²) in [4.78, 5) is 17.2. The van der Waals surface area contributed by atoms with E-state index in [0.29, 0.717) is 33.9 Å². The van der Waals surface area contributed by atoms with Crippen LogP contribution in [0, 0.1) is 0 Å². The average molecular weight is 384 g/mol. The number of fused-ring (bicyclic) bond motifs is 1. The van der Waals surface area contributed by atoms with Crippen molar-refractivity contribution < 1.29 is 5.11 Å². The van der Waals surface area contributed by atoms with Gasteiger partial charge in [-0.2, -0.15) is 4.37 Å². The van der Waals surface area contributed by atoms with Gasteiger partial charge in [0.2, 0.25) is 0 Å². The zero-order valence-electron chi connectivity index (χ0n) is 13.6. The van der Waals surface area contributed by atoms with Crippen LogP contribution >= 0.6 is 23.1 Å². The molecule has 26 heavy (non-hydrogen) atoms. The highest BCUT2D eigenvalue weighted by atomic mass is 35.5. The monoisotopic (exact) mass is 383 g/mol. The molecule has 0 saturated carbocycles. The number of hydrogen-bond acceptors (Lipinski definition) is 5. The fourth-order valence-electron chi connectivity index (χ4n) is 2.72. The Morgan fingerprint density at radius 3 is 2.54 bits per heavy atom. The van der Waals surface area contributed by atoms with E-state index in [1.807, 2.05) is 24.3 Å². The van der Waals surface area contributed by atoms with E-state index in [-0.39, 0.29) is 11.3 Å². The van der Waals surface area contributed by atoms with Gasteiger partial charge >= 0.3 is 0 Å². The minimum atomic E-state index is -0.0912. The SMILES string of the molecule is O=c1c2snc(-c3ccc(Cl)cc3)c2ncn1CCc1ccc(O)cc1. The van der Waals surface area contributed by atoms with E-state index in [4.69, 9.17) is 11.6 Å². The van der Waals surface area contributed by atoms with Gasteiger partial charge in [0.05, 0.1) is 6.33 Å². The van der Waals surface area contributed by atoms with E-state index < -0.39 is 0 Å². The number of phenols is 1. The van der Waals surface area contributed by atoms with Gasteiger partial charge in [0, 0.05) is 17.1 Å². The number of aryl methyl sites for hydroxylation is 2. The van der Waals surface area contributed by atoms with Gasteiger partial charge < -0.3 is 5.11 Å². The van der Waals surface area contributed by atoms with Crippen molar-refractivity contribution in [2.45, 2.75) is 13.0 Å². The lowest BCUT2D eigenvalue weighted by Gasteiger charge is -2.06. The standard InChI is InChI=1S/C19H14ClN3O2S/c20-14-5-3-13(4-6-14)16-17-18(26-22-16)19(25)23(11-21-17)10-9-12-1-7-15(24)8-2-12/h1-8,11,24H,9-10H2. The molecule has 0 aliphatic heterocycles. The van der Waals surface area contributed by atoms with E-state index in [2.05, 4.69) is 9.36 Å². The number of nitrogens with zero attached hydrogens (tertiary/aromatic N) is 3. The molecule has 130 valence electrons. The topological polar surface area (TPSA) is 68.0 Å². The maximum absolute atomic E-state index is 12.7. The lowest BCUT2D eigenvalue weighted by atomic mass is 10.1. The van der Waals surface area contributed by atoms with Crippen LogP contribution in [0.1, 0.15) is 5.56 Å². The molecule has 0 aliphatic carbocycles. The fraction of sp³-hybridized carbons (Fsp3) is 0.105. The Morgan fingerprint density at radius 2 is 1.81 bits per heavy atom. The van der Waals surface area contributed by atoms with Crippen molar-refractivity contribution in [1.29, 1.82) is 0 Å². The lowest BCUT2D eigenvalue weighted by molar-refractivity contribution is 0.475. The Morgan fingerprint density at radius 1 is 1.08 bits per heavy atom. The second-order valence-corrected chi connectivity index (χ2v) is 7.09. The van der Waals surface area contributed by atoms with Crippen LogP contribution in [0.15, 0.2) is 59.7 Å². The maximum Gasteiger partial charge on any atom is 0.272 e. The Balaban J connectivity index is 1.64. The van der Waals surface area contributed by atoms with E-state index in [0.717, 1.165) is 11.1 Å². The molecule has 0 amide bonds. The van der Waals surface area contributed by atoms with Crippen molar-refractivity contribution in [2.24, 2.45) is 0 Å². The molecule has 2 aromatic carbocycles. The summed E-state index contributed by atoms with van der Waals surface area (Å²) in [6, 6.07) is 14.3. The molecule has 0 saturated heterocycles. The van der Waals surface area contributed by atoms with Crippen LogP contribution in [0.5, 0.6) is 5.75 Å². The molecule has 0 unspecified atom stereocenters. The zero-order valence-corrected chi connectivity index (χ0v) is 15.2. The molecule has 4 rings (SSSR count). The van der Waals surface area contributed by atoms with Crippen LogP contribution in [0.25, 0.3) is 21.5 Å². The van der Waals surface area contributed by atoms with Crippen LogP contribution < -0.4 is 5.56 Å². The summed E-state index contributed by atoms with van der Waals surface area (Å²) in [6.45, 7) is 0.515. The Labute approximate surface area is 158 Å². The number of aromatic hydroxyl groups is 1. The van der Waals surface area contributed by atoms with E-state index in [1.165, 1.54) is 11.5 Å². The number of benzene rings is 2. The van der Waals surface area contributed by atoms with Crippen molar-refractivity contribution in [1.82, 2.24) is 13.9 Å². The molecule has 0 aliphatic rings. The van der Waals surface area contributed by atoms with Gasteiger partial charge in [-0.1, -0.05) is 35.9 Å². The number of halogens is 1. The summed E-state index contributed by atoms with van der Waals surface area (Å²) in [5, 5.41) is 9.99. The summed E-state index contributed by atoms with van der Waals surface area (Å²) in [7, 11) is 0. The van der Waals surface area contributed by atoms with Crippen LogP contribution in [-0.2, 0) is 13.0 Å². The first-order valence-corrected chi connectivity index (χ1v) is 9.15. The van der Waals surface area contributed by atoms with Crippen molar-refractivity contribution in [3.63, 3.8) is 0 Å². The van der Waals surface area contributed by atoms with E-state index in [1.54, 1.807) is 35.2 Å². The third kappa shape index (κ3) is 3.21.